The smallest absolute Gasteiger partial charge is 0.343 e. The van der Waals surface area contributed by atoms with E-state index in [0.717, 1.165) is 5.56 Å². The van der Waals surface area contributed by atoms with Crippen LogP contribution in [0.1, 0.15) is 22.8 Å². The number of esters is 1. The number of benzene rings is 2. The molecule has 1 N–H and O–H groups in total. The molecular formula is C16H15NO3. The molecule has 0 fully saturated rings. The quantitative estimate of drug-likeness (QED) is 0.687. The normalized spacial score (nSPS) is 9.90. The van der Waals surface area contributed by atoms with Crippen LogP contribution in [0, 0.1) is 6.92 Å². The molecule has 0 aromatic heterocycles. The molecule has 1 amide bonds. The number of carbonyl (C=O) groups is 2. The maximum atomic E-state index is 11.9. The van der Waals surface area contributed by atoms with Gasteiger partial charge in [-0.2, -0.15) is 0 Å². The van der Waals surface area contributed by atoms with E-state index in [0.29, 0.717) is 17.0 Å². The Labute approximate surface area is 117 Å². The van der Waals surface area contributed by atoms with Gasteiger partial charge in [0.05, 0.1) is 5.56 Å². The maximum Gasteiger partial charge on any atom is 0.343 e. The average molecular weight is 269 g/mol. The highest BCUT2D eigenvalue weighted by molar-refractivity contribution is 5.93. The summed E-state index contributed by atoms with van der Waals surface area (Å²) < 4.78 is 5.25. The van der Waals surface area contributed by atoms with Crippen LogP contribution in [0.2, 0.25) is 0 Å². The fourth-order valence-electron chi connectivity index (χ4n) is 1.67. The van der Waals surface area contributed by atoms with Crippen molar-refractivity contribution in [2.24, 2.45) is 0 Å². The molecule has 0 aliphatic rings. The molecule has 20 heavy (non-hydrogen) atoms. The highest BCUT2D eigenvalue weighted by Gasteiger charge is 2.08. The standard InChI is InChI=1S/C16H15NO3/c1-11-3-9-15(10-4-11)20-16(19)13-5-7-14(8-6-13)17-12(2)18/h3-10H,1-2H3,(H,17,18). The lowest BCUT2D eigenvalue weighted by Crippen LogP contribution is -2.09. The third kappa shape index (κ3) is 3.68. The molecule has 0 aliphatic carbocycles. The zero-order valence-electron chi connectivity index (χ0n) is 11.3. The van der Waals surface area contributed by atoms with Crippen molar-refractivity contribution in [3.63, 3.8) is 0 Å². The molecule has 0 radical (unpaired) electrons. The summed E-state index contributed by atoms with van der Waals surface area (Å²) >= 11 is 0. The second-order valence-corrected chi connectivity index (χ2v) is 4.46. The first-order valence-electron chi connectivity index (χ1n) is 6.21. The van der Waals surface area contributed by atoms with Gasteiger partial charge in [-0.05, 0) is 43.3 Å². The minimum absolute atomic E-state index is 0.153. The van der Waals surface area contributed by atoms with Crippen LogP contribution in [0.15, 0.2) is 48.5 Å². The van der Waals surface area contributed by atoms with Gasteiger partial charge in [-0.15, -0.1) is 0 Å². The first-order valence-corrected chi connectivity index (χ1v) is 6.21. The fourth-order valence-corrected chi connectivity index (χ4v) is 1.67. The summed E-state index contributed by atoms with van der Waals surface area (Å²) in [7, 11) is 0. The minimum Gasteiger partial charge on any atom is -0.423 e. The van der Waals surface area contributed by atoms with E-state index >= 15 is 0 Å². The highest BCUT2D eigenvalue weighted by atomic mass is 16.5. The SMILES string of the molecule is CC(=O)Nc1ccc(C(=O)Oc2ccc(C)cc2)cc1. The summed E-state index contributed by atoms with van der Waals surface area (Å²) in [6.45, 7) is 3.39. The van der Waals surface area contributed by atoms with Crippen LogP contribution in [0.4, 0.5) is 5.69 Å². The number of carbonyl (C=O) groups excluding carboxylic acids is 2. The Morgan fingerprint density at radius 1 is 0.950 bits per heavy atom. The molecule has 0 unspecified atom stereocenters. The number of hydrogen-bond donors (Lipinski definition) is 1. The first kappa shape index (κ1) is 13.8. The van der Waals surface area contributed by atoms with Gasteiger partial charge in [0.15, 0.2) is 0 Å². The molecule has 102 valence electrons. The van der Waals surface area contributed by atoms with Crippen molar-refractivity contribution in [1.82, 2.24) is 0 Å². The van der Waals surface area contributed by atoms with Gasteiger partial charge in [0, 0.05) is 12.6 Å². The van der Waals surface area contributed by atoms with Crippen molar-refractivity contribution in [3.05, 3.63) is 59.7 Å². The van der Waals surface area contributed by atoms with E-state index in [1.807, 2.05) is 19.1 Å². The second kappa shape index (κ2) is 6.02. The number of rotatable bonds is 3. The third-order valence-electron chi connectivity index (χ3n) is 2.67. The molecule has 0 heterocycles. The van der Waals surface area contributed by atoms with Gasteiger partial charge >= 0.3 is 5.97 Å². The van der Waals surface area contributed by atoms with E-state index in [2.05, 4.69) is 5.32 Å². The Kier molecular flexibility index (Phi) is 4.15. The van der Waals surface area contributed by atoms with Crippen LogP contribution in [-0.2, 0) is 4.79 Å². The van der Waals surface area contributed by atoms with Crippen molar-refractivity contribution < 1.29 is 14.3 Å². The summed E-state index contributed by atoms with van der Waals surface area (Å²) in [5.74, 6) is -0.0743. The molecule has 2 aromatic rings. The summed E-state index contributed by atoms with van der Waals surface area (Å²) in [6, 6.07) is 13.8. The van der Waals surface area contributed by atoms with Gasteiger partial charge < -0.3 is 10.1 Å². The number of nitrogens with one attached hydrogen (secondary N) is 1. The van der Waals surface area contributed by atoms with Crippen LogP contribution < -0.4 is 10.1 Å². The third-order valence-corrected chi connectivity index (χ3v) is 2.67. The van der Waals surface area contributed by atoms with Crippen molar-refractivity contribution >= 4 is 17.6 Å². The fraction of sp³-hybridized carbons (Fsp3) is 0.125. The number of aryl methyl sites for hydroxylation is 1. The average Bonchev–Trinajstić information content (AvgIpc) is 2.41. The molecule has 0 saturated heterocycles. The molecule has 2 aromatic carbocycles. The van der Waals surface area contributed by atoms with Crippen LogP contribution >= 0.6 is 0 Å². The van der Waals surface area contributed by atoms with Crippen molar-refractivity contribution in [1.29, 1.82) is 0 Å². The number of hydrogen-bond acceptors (Lipinski definition) is 3. The minimum atomic E-state index is -0.428. The number of ether oxygens (including phenoxy) is 1. The van der Waals surface area contributed by atoms with Gasteiger partial charge in [-0.1, -0.05) is 17.7 Å². The Hall–Kier alpha value is -2.62. The summed E-state index contributed by atoms with van der Waals surface area (Å²) in [4.78, 5) is 22.8. The monoisotopic (exact) mass is 269 g/mol. The number of amides is 1. The predicted octanol–water partition coefficient (Wildman–Crippen LogP) is 3.17. The highest BCUT2D eigenvalue weighted by Crippen LogP contribution is 2.15. The van der Waals surface area contributed by atoms with Crippen LogP contribution in [0.25, 0.3) is 0 Å². The lowest BCUT2D eigenvalue weighted by atomic mass is 10.2. The molecular weight excluding hydrogens is 254 g/mol. The molecule has 0 saturated carbocycles. The Morgan fingerprint density at radius 2 is 1.55 bits per heavy atom. The Balaban J connectivity index is 2.05. The van der Waals surface area contributed by atoms with E-state index in [4.69, 9.17) is 4.74 Å². The largest absolute Gasteiger partial charge is 0.423 e. The van der Waals surface area contributed by atoms with Gasteiger partial charge in [-0.3, -0.25) is 4.79 Å². The molecule has 0 aliphatic heterocycles. The molecule has 0 atom stereocenters. The van der Waals surface area contributed by atoms with Gasteiger partial charge in [0.2, 0.25) is 5.91 Å². The van der Waals surface area contributed by atoms with E-state index in [-0.39, 0.29) is 5.91 Å². The molecule has 4 nitrogen and oxygen atoms in total. The predicted molar refractivity (Wildman–Crippen MR) is 76.9 cm³/mol. The van der Waals surface area contributed by atoms with Crippen LogP contribution in [0.5, 0.6) is 5.75 Å². The van der Waals surface area contributed by atoms with Crippen LogP contribution in [-0.4, -0.2) is 11.9 Å². The van der Waals surface area contributed by atoms with Crippen molar-refractivity contribution in [2.45, 2.75) is 13.8 Å². The van der Waals surface area contributed by atoms with Crippen molar-refractivity contribution in [3.8, 4) is 5.75 Å². The second-order valence-electron chi connectivity index (χ2n) is 4.46. The molecule has 4 heteroatoms. The molecule has 2 rings (SSSR count). The summed E-state index contributed by atoms with van der Waals surface area (Å²) in [6.07, 6.45) is 0. The lowest BCUT2D eigenvalue weighted by molar-refractivity contribution is -0.114. The molecule has 0 spiro atoms. The first-order chi connectivity index (χ1) is 9.54. The van der Waals surface area contributed by atoms with E-state index in [9.17, 15) is 9.59 Å². The Bertz CT molecular complexity index is 615. The Morgan fingerprint density at radius 3 is 2.10 bits per heavy atom. The molecule has 0 bridgehead atoms. The van der Waals surface area contributed by atoms with E-state index in [1.54, 1.807) is 36.4 Å². The lowest BCUT2D eigenvalue weighted by Gasteiger charge is -2.06. The van der Waals surface area contributed by atoms with E-state index < -0.39 is 5.97 Å². The summed E-state index contributed by atoms with van der Waals surface area (Å²) in [5.41, 5.74) is 2.17. The topological polar surface area (TPSA) is 55.4 Å². The number of anilines is 1. The zero-order chi connectivity index (χ0) is 14.5. The summed E-state index contributed by atoms with van der Waals surface area (Å²) in [5, 5.41) is 2.64. The maximum absolute atomic E-state index is 11.9. The zero-order valence-corrected chi connectivity index (χ0v) is 11.3. The van der Waals surface area contributed by atoms with Crippen molar-refractivity contribution in [2.75, 3.05) is 5.32 Å². The van der Waals surface area contributed by atoms with E-state index in [1.165, 1.54) is 6.92 Å². The van der Waals surface area contributed by atoms with Gasteiger partial charge in [0.25, 0.3) is 0 Å². The van der Waals surface area contributed by atoms with Gasteiger partial charge in [-0.25, -0.2) is 4.79 Å². The van der Waals surface area contributed by atoms with Crippen LogP contribution in [0.3, 0.4) is 0 Å². The van der Waals surface area contributed by atoms with Gasteiger partial charge in [0.1, 0.15) is 5.75 Å².